The van der Waals surface area contributed by atoms with Crippen molar-refractivity contribution in [3.63, 3.8) is 0 Å². The van der Waals surface area contributed by atoms with Gasteiger partial charge in [0, 0.05) is 6.54 Å². The van der Waals surface area contributed by atoms with Gasteiger partial charge in [0.25, 0.3) is 0 Å². The van der Waals surface area contributed by atoms with Crippen LogP contribution in [0.2, 0.25) is 5.02 Å². The molecule has 0 radical (unpaired) electrons. The number of carbonyl (C=O) groups excluding carboxylic acids is 1. The third-order valence-electron chi connectivity index (χ3n) is 4.26. The fourth-order valence-corrected chi connectivity index (χ4v) is 3.35. The highest BCUT2D eigenvalue weighted by Crippen LogP contribution is 2.34. The summed E-state index contributed by atoms with van der Waals surface area (Å²) in [6, 6.07) is 12.4. The highest BCUT2D eigenvalue weighted by molar-refractivity contribution is 6.32. The molecule has 126 valence electrons. The number of amides is 2. The first-order valence-corrected chi connectivity index (χ1v) is 8.12. The minimum Gasteiger partial charge on any atom is -0.493 e. The van der Waals surface area contributed by atoms with E-state index in [0.717, 1.165) is 12.0 Å². The van der Waals surface area contributed by atoms with E-state index in [0.29, 0.717) is 23.0 Å². The molecule has 1 heterocycles. The molecule has 0 fully saturated rings. The van der Waals surface area contributed by atoms with E-state index >= 15 is 0 Å². The Balaban J connectivity index is 1.85. The molecule has 6 heteroatoms. The summed E-state index contributed by atoms with van der Waals surface area (Å²) in [6.07, 6.45) is 0.757. The number of para-hydroxylation sites is 1. The van der Waals surface area contributed by atoms with Crippen molar-refractivity contribution in [1.82, 2.24) is 4.90 Å². The maximum Gasteiger partial charge on any atom is 0.322 e. The number of benzene rings is 2. The predicted molar refractivity (Wildman–Crippen MR) is 93.7 cm³/mol. The number of ether oxygens (including phenoxy) is 1. The number of rotatable bonds is 3. The number of urea groups is 1. The SMILES string of the molecule is COc1c(Cl)cccc1NC(=O)N1CCc2ccccc2C1CO. The molecule has 0 aromatic heterocycles. The van der Waals surface area contributed by atoms with Gasteiger partial charge in [-0.1, -0.05) is 41.9 Å². The normalized spacial score (nSPS) is 16.5. The quantitative estimate of drug-likeness (QED) is 0.894. The molecule has 2 N–H and O–H groups in total. The van der Waals surface area contributed by atoms with Crippen molar-refractivity contribution in [1.29, 1.82) is 0 Å². The summed E-state index contributed by atoms with van der Waals surface area (Å²) in [5.74, 6) is 0.422. The van der Waals surface area contributed by atoms with Crippen molar-refractivity contribution in [3.8, 4) is 5.75 Å². The van der Waals surface area contributed by atoms with Crippen LogP contribution in [-0.2, 0) is 6.42 Å². The van der Waals surface area contributed by atoms with Gasteiger partial charge in [-0.25, -0.2) is 4.79 Å². The van der Waals surface area contributed by atoms with Crippen LogP contribution >= 0.6 is 11.6 Å². The Hall–Kier alpha value is -2.24. The summed E-state index contributed by atoms with van der Waals surface area (Å²) in [5, 5.41) is 13.1. The van der Waals surface area contributed by atoms with E-state index in [-0.39, 0.29) is 18.7 Å². The zero-order chi connectivity index (χ0) is 17.1. The monoisotopic (exact) mass is 346 g/mol. The van der Waals surface area contributed by atoms with E-state index in [1.807, 2.05) is 24.3 Å². The van der Waals surface area contributed by atoms with Gasteiger partial charge >= 0.3 is 6.03 Å². The van der Waals surface area contributed by atoms with Crippen LogP contribution in [0.15, 0.2) is 42.5 Å². The number of nitrogens with zero attached hydrogens (tertiary/aromatic N) is 1. The zero-order valence-electron chi connectivity index (χ0n) is 13.3. The van der Waals surface area contributed by atoms with Crippen molar-refractivity contribution >= 4 is 23.3 Å². The van der Waals surface area contributed by atoms with E-state index in [9.17, 15) is 9.90 Å². The van der Waals surface area contributed by atoms with Crippen LogP contribution in [-0.4, -0.2) is 36.3 Å². The average Bonchev–Trinajstić information content (AvgIpc) is 2.60. The van der Waals surface area contributed by atoms with Gasteiger partial charge in [-0.3, -0.25) is 0 Å². The highest BCUT2D eigenvalue weighted by Gasteiger charge is 2.30. The second-order valence-corrected chi connectivity index (χ2v) is 6.00. The Kier molecular flexibility index (Phi) is 4.92. The Morgan fingerprint density at radius 3 is 2.88 bits per heavy atom. The summed E-state index contributed by atoms with van der Waals surface area (Å²) in [6.45, 7) is 0.411. The molecule has 1 atom stereocenters. The van der Waals surface area contributed by atoms with Crippen LogP contribution in [0.1, 0.15) is 17.2 Å². The molecule has 0 saturated carbocycles. The molecule has 1 aliphatic rings. The maximum absolute atomic E-state index is 12.7. The highest BCUT2D eigenvalue weighted by atomic mass is 35.5. The molecule has 5 nitrogen and oxygen atoms in total. The lowest BCUT2D eigenvalue weighted by Gasteiger charge is -2.36. The summed E-state index contributed by atoms with van der Waals surface area (Å²) < 4.78 is 5.26. The lowest BCUT2D eigenvalue weighted by molar-refractivity contribution is 0.135. The number of fused-ring (bicyclic) bond motifs is 1. The van der Waals surface area contributed by atoms with Crippen molar-refractivity contribution in [2.24, 2.45) is 0 Å². The number of carbonyl (C=O) groups is 1. The molecule has 0 saturated heterocycles. The van der Waals surface area contributed by atoms with Crippen LogP contribution in [0.4, 0.5) is 10.5 Å². The number of methoxy groups -OCH3 is 1. The second kappa shape index (κ2) is 7.11. The van der Waals surface area contributed by atoms with E-state index in [1.165, 1.54) is 12.7 Å². The summed E-state index contributed by atoms with van der Waals surface area (Å²) in [7, 11) is 1.50. The first-order valence-electron chi connectivity index (χ1n) is 7.74. The third-order valence-corrected chi connectivity index (χ3v) is 4.56. The largest absolute Gasteiger partial charge is 0.493 e. The molecule has 0 aliphatic carbocycles. The Morgan fingerprint density at radius 2 is 2.12 bits per heavy atom. The first-order chi connectivity index (χ1) is 11.7. The van der Waals surface area contributed by atoms with Crippen LogP contribution in [0.25, 0.3) is 0 Å². The van der Waals surface area contributed by atoms with E-state index in [1.54, 1.807) is 23.1 Å². The number of aliphatic hydroxyl groups is 1. The van der Waals surface area contributed by atoms with Crippen LogP contribution in [0.5, 0.6) is 5.75 Å². The van der Waals surface area contributed by atoms with Gasteiger partial charge in [0.15, 0.2) is 5.75 Å². The Labute approximate surface area is 145 Å². The summed E-state index contributed by atoms with van der Waals surface area (Å²) >= 11 is 6.09. The van der Waals surface area contributed by atoms with Crippen molar-refractivity contribution < 1.29 is 14.6 Å². The molecule has 2 amide bonds. The second-order valence-electron chi connectivity index (χ2n) is 5.59. The molecule has 0 bridgehead atoms. The third kappa shape index (κ3) is 3.05. The standard InChI is InChI=1S/C18H19ClN2O3/c1-24-17-14(19)7-4-8-15(17)20-18(23)21-10-9-12-5-2-3-6-13(12)16(21)11-22/h2-8,16,22H,9-11H2,1H3,(H,20,23). The smallest absolute Gasteiger partial charge is 0.322 e. The van der Waals surface area contributed by atoms with Crippen molar-refractivity contribution in [3.05, 3.63) is 58.6 Å². The fourth-order valence-electron chi connectivity index (χ4n) is 3.09. The molecule has 2 aromatic rings. The summed E-state index contributed by atoms with van der Waals surface area (Å²) in [5.41, 5.74) is 2.66. The molecule has 24 heavy (non-hydrogen) atoms. The van der Waals surface area contributed by atoms with Crippen LogP contribution in [0, 0.1) is 0 Å². The number of nitrogens with one attached hydrogen (secondary N) is 1. The van der Waals surface area contributed by atoms with Crippen molar-refractivity contribution in [2.45, 2.75) is 12.5 Å². The van der Waals surface area contributed by atoms with E-state index in [2.05, 4.69) is 5.32 Å². The molecule has 3 rings (SSSR count). The van der Waals surface area contributed by atoms with E-state index < -0.39 is 0 Å². The zero-order valence-corrected chi connectivity index (χ0v) is 14.1. The van der Waals surface area contributed by atoms with Gasteiger partial charge in [-0.15, -0.1) is 0 Å². The topological polar surface area (TPSA) is 61.8 Å². The van der Waals surface area contributed by atoms with Gasteiger partial charge < -0.3 is 20.1 Å². The number of aliphatic hydroxyl groups excluding tert-OH is 1. The minimum absolute atomic E-state index is 0.128. The molecular weight excluding hydrogens is 328 g/mol. The molecule has 1 aliphatic heterocycles. The number of hydrogen-bond donors (Lipinski definition) is 2. The molecular formula is C18H19ClN2O3. The predicted octanol–water partition coefficient (Wildman–Crippen LogP) is 3.47. The first kappa shape index (κ1) is 16.6. The van der Waals surface area contributed by atoms with Crippen molar-refractivity contribution in [2.75, 3.05) is 25.6 Å². The molecule has 2 aromatic carbocycles. The number of anilines is 1. The number of hydrogen-bond acceptors (Lipinski definition) is 3. The van der Waals surface area contributed by atoms with Gasteiger partial charge in [0.05, 0.1) is 30.5 Å². The van der Waals surface area contributed by atoms with Crippen LogP contribution in [0.3, 0.4) is 0 Å². The Morgan fingerprint density at radius 1 is 1.33 bits per heavy atom. The minimum atomic E-state index is -0.361. The van der Waals surface area contributed by atoms with E-state index in [4.69, 9.17) is 16.3 Å². The summed E-state index contributed by atoms with van der Waals surface area (Å²) in [4.78, 5) is 14.4. The van der Waals surface area contributed by atoms with Gasteiger partial charge in [0.1, 0.15) is 0 Å². The lowest BCUT2D eigenvalue weighted by atomic mass is 9.93. The lowest BCUT2D eigenvalue weighted by Crippen LogP contribution is -2.43. The maximum atomic E-state index is 12.7. The Bertz CT molecular complexity index is 751. The van der Waals surface area contributed by atoms with Gasteiger partial charge in [0.2, 0.25) is 0 Å². The molecule has 0 spiro atoms. The van der Waals surface area contributed by atoms with Gasteiger partial charge in [-0.05, 0) is 29.7 Å². The molecule has 1 unspecified atom stereocenters. The average molecular weight is 347 g/mol. The number of halogens is 1. The fraction of sp³-hybridized carbons (Fsp3) is 0.278. The van der Waals surface area contributed by atoms with Gasteiger partial charge in [-0.2, -0.15) is 0 Å². The van der Waals surface area contributed by atoms with Crippen LogP contribution < -0.4 is 10.1 Å².